The van der Waals surface area contributed by atoms with Gasteiger partial charge in [-0.3, -0.25) is 4.90 Å². The number of amides is 1. The van der Waals surface area contributed by atoms with Gasteiger partial charge in [0.2, 0.25) is 0 Å². The van der Waals surface area contributed by atoms with E-state index in [1.165, 1.54) is 0 Å². The molecular weight excluding hydrogens is 208 g/mol. The minimum atomic E-state index is -0.480. The predicted molar refractivity (Wildman–Crippen MR) is 59.1 cm³/mol. The lowest BCUT2D eigenvalue weighted by molar-refractivity contribution is 0.00280. The first-order valence-corrected chi connectivity index (χ1v) is 5.78. The molecule has 2 N–H and O–H groups in total. The van der Waals surface area contributed by atoms with Crippen molar-refractivity contribution in [2.45, 2.75) is 50.9 Å². The number of carbonyl (C=O) groups is 1. The van der Waals surface area contributed by atoms with Gasteiger partial charge in [-0.15, -0.1) is 0 Å². The van der Waals surface area contributed by atoms with Gasteiger partial charge in [0.1, 0.15) is 5.60 Å². The Labute approximate surface area is 95.8 Å². The van der Waals surface area contributed by atoms with Crippen molar-refractivity contribution in [2.75, 3.05) is 13.2 Å². The number of ether oxygens (including phenoxy) is 1. The number of rotatable bonds is 1. The second-order valence-corrected chi connectivity index (χ2v) is 5.54. The fraction of sp³-hybridized carbons (Fsp3) is 0.909. The Morgan fingerprint density at radius 1 is 1.56 bits per heavy atom. The molecule has 3 atom stereocenters. The molecule has 5 nitrogen and oxygen atoms in total. The third-order valence-corrected chi connectivity index (χ3v) is 3.15. The summed E-state index contributed by atoms with van der Waals surface area (Å²) in [6.07, 6.45) is 0.616. The smallest absolute Gasteiger partial charge is 0.410 e. The molecule has 0 aromatic carbocycles. The van der Waals surface area contributed by atoms with Crippen molar-refractivity contribution in [1.29, 1.82) is 0 Å². The van der Waals surface area contributed by atoms with E-state index in [4.69, 9.17) is 4.74 Å². The van der Waals surface area contributed by atoms with Gasteiger partial charge < -0.3 is 15.2 Å². The number of carbonyl (C=O) groups excluding carboxylic acids is 1. The van der Waals surface area contributed by atoms with Crippen LogP contribution in [0.2, 0.25) is 0 Å². The number of aliphatic hydroxyl groups is 1. The van der Waals surface area contributed by atoms with Crippen molar-refractivity contribution in [3.8, 4) is 0 Å². The van der Waals surface area contributed by atoms with Gasteiger partial charge in [0.15, 0.2) is 0 Å². The normalized spacial score (nSPS) is 33.2. The van der Waals surface area contributed by atoms with Crippen LogP contribution in [0.1, 0.15) is 27.2 Å². The molecule has 2 saturated heterocycles. The maximum absolute atomic E-state index is 12.0. The predicted octanol–water partition coefficient (Wildman–Crippen LogP) is 0.328. The number of aliphatic hydroxyl groups excluding tert-OH is 1. The van der Waals surface area contributed by atoms with Gasteiger partial charge in [-0.2, -0.15) is 0 Å². The molecule has 3 unspecified atom stereocenters. The van der Waals surface area contributed by atoms with Crippen LogP contribution in [-0.4, -0.2) is 53.0 Å². The highest BCUT2D eigenvalue weighted by Crippen LogP contribution is 2.30. The molecule has 2 heterocycles. The quantitative estimate of drug-likeness (QED) is 0.679. The number of fused-ring (bicyclic) bond motifs is 2. The van der Waals surface area contributed by atoms with Gasteiger partial charge in [-0.25, -0.2) is 4.79 Å². The summed E-state index contributed by atoms with van der Waals surface area (Å²) in [6, 6.07) is 0.271. The summed E-state index contributed by atoms with van der Waals surface area (Å²) >= 11 is 0. The van der Waals surface area contributed by atoms with Crippen LogP contribution in [0.3, 0.4) is 0 Å². The molecule has 2 aliphatic rings. The van der Waals surface area contributed by atoms with Crippen LogP contribution in [-0.2, 0) is 4.74 Å². The number of likely N-dealkylation sites (tertiary alicyclic amines) is 1. The van der Waals surface area contributed by atoms with E-state index in [1.54, 1.807) is 4.90 Å². The third-order valence-electron chi connectivity index (χ3n) is 3.15. The molecule has 0 aromatic heterocycles. The molecule has 1 amide bonds. The average Bonchev–Trinajstić information content (AvgIpc) is 2.72. The molecule has 0 radical (unpaired) electrons. The SMILES string of the molecule is CC(C)(C)OC(=O)N1C2CNC(C2)C1CO. The first-order valence-electron chi connectivity index (χ1n) is 5.78. The standard InChI is InChI=1S/C11H20N2O3/c1-11(2,3)16-10(15)13-7-4-8(12-5-7)9(13)6-14/h7-9,12,14H,4-6H2,1-3H3. The summed E-state index contributed by atoms with van der Waals surface area (Å²) in [4.78, 5) is 13.7. The second kappa shape index (κ2) is 3.89. The maximum atomic E-state index is 12.0. The monoisotopic (exact) mass is 228 g/mol. The number of nitrogens with zero attached hydrogens (tertiary/aromatic N) is 1. The zero-order valence-electron chi connectivity index (χ0n) is 10.1. The molecule has 0 spiro atoms. The molecule has 16 heavy (non-hydrogen) atoms. The Bertz CT molecular complexity index is 287. The van der Waals surface area contributed by atoms with Crippen LogP contribution in [0.5, 0.6) is 0 Å². The minimum absolute atomic E-state index is 0.00654. The Morgan fingerprint density at radius 3 is 2.81 bits per heavy atom. The van der Waals surface area contributed by atoms with Crippen LogP contribution >= 0.6 is 0 Å². The van der Waals surface area contributed by atoms with Crippen molar-refractivity contribution < 1.29 is 14.6 Å². The summed E-state index contributed by atoms with van der Waals surface area (Å²) < 4.78 is 5.35. The first-order chi connectivity index (χ1) is 7.42. The van der Waals surface area contributed by atoms with E-state index < -0.39 is 5.60 Å². The van der Waals surface area contributed by atoms with Crippen LogP contribution in [0, 0.1) is 0 Å². The van der Waals surface area contributed by atoms with Crippen molar-refractivity contribution in [1.82, 2.24) is 10.2 Å². The fourth-order valence-corrected chi connectivity index (χ4v) is 2.53. The molecule has 0 saturated carbocycles. The molecular formula is C11H20N2O3. The molecule has 5 heteroatoms. The average molecular weight is 228 g/mol. The molecule has 2 rings (SSSR count). The summed E-state index contributed by atoms with van der Waals surface area (Å²) in [6.45, 7) is 6.36. The van der Waals surface area contributed by atoms with Crippen LogP contribution in [0.25, 0.3) is 0 Å². The molecule has 2 aliphatic heterocycles. The summed E-state index contributed by atoms with van der Waals surface area (Å²) in [5, 5.41) is 12.6. The molecule has 92 valence electrons. The number of nitrogens with one attached hydrogen (secondary N) is 1. The highest BCUT2D eigenvalue weighted by molar-refractivity contribution is 5.70. The Hall–Kier alpha value is -0.810. The lowest BCUT2D eigenvalue weighted by Gasteiger charge is -2.35. The van der Waals surface area contributed by atoms with E-state index in [0.29, 0.717) is 0 Å². The summed E-state index contributed by atoms with van der Waals surface area (Å²) in [5.41, 5.74) is -0.480. The highest BCUT2D eigenvalue weighted by atomic mass is 16.6. The molecule has 0 aliphatic carbocycles. The Morgan fingerprint density at radius 2 is 2.25 bits per heavy atom. The topological polar surface area (TPSA) is 61.8 Å². The van der Waals surface area contributed by atoms with Crippen molar-refractivity contribution in [3.63, 3.8) is 0 Å². The van der Waals surface area contributed by atoms with Gasteiger partial charge >= 0.3 is 6.09 Å². The third kappa shape index (κ3) is 2.01. The number of hydrogen-bond donors (Lipinski definition) is 2. The van der Waals surface area contributed by atoms with E-state index in [-0.39, 0.29) is 30.8 Å². The largest absolute Gasteiger partial charge is 0.444 e. The summed E-state index contributed by atoms with van der Waals surface area (Å²) in [7, 11) is 0. The Kier molecular flexibility index (Phi) is 2.84. The maximum Gasteiger partial charge on any atom is 0.410 e. The van der Waals surface area contributed by atoms with Gasteiger partial charge in [0.05, 0.1) is 12.6 Å². The van der Waals surface area contributed by atoms with E-state index in [9.17, 15) is 9.90 Å². The molecule has 0 aromatic rings. The van der Waals surface area contributed by atoms with Crippen molar-refractivity contribution in [3.05, 3.63) is 0 Å². The van der Waals surface area contributed by atoms with Crippen LogP contribution < -0.4 is 5.32 Å². The van der Waals surface area contributed by atoms with Gasteiger partial charge in [0, 0.05) is 18.6 Å². The first kappa shape index (κ1) is 11.7. The second-order valence-electron chi connectivity index (χ2n) is 5.54. The van der Waals surface area contributed by atoms with Crippen LogP contribution in [0.4, 0.5) is 4.79 Å². The minimum Gasteiger partial charge on any atom is -0.444 e. The van der Waals surface area contributed by atoms with Gasteiger partial charge in [-0.1, -0.05) is 0 Å². The molecule has 2 bridgehead atoms. The number of hydrogen-bond acceptors (Lipinski definition) is 4. The van der Waals surface area contributed by atoms with Gasteiger partial charge in [-0.05, 0) is 27.2 Å². The number of piperazine rings is 1. The van der Waals surface area contributed by atoms with Gasteiger partial charge in [0.25, 0.3) is 0 Å². The Balaban J connectivity index is 2.06. The van der Waals surface area contributed by atoms with E-state index in [2.05, 4.69) is 5.32 Å². The van der Waals surface area contributed by atoms with Crippen LogP contribution in [0.15, 0.2) is 0 Å². The zero-order chi connectivity index (χ0) is 11.9. The van der Waals surface area contributed by atoms with E-state index >= 15 is 0 Å². The lowest BCUT2D eigenvalue weighted by Crippen LogP contribution is -2.56. The fourth-order valence-electron chi connectivity index (χ4n) is 2.53. The van der Waals surface area contributed by atoms with E-state index in [1.807, 2.05) is 20.8 Å². The van der Waals surface area contributed by atoms with Crippen molar-refractivity contribution in [2.24, 2.45) is 0 Å². The molecule has 2 fully saturated rings. The zero-order valence-corrected chi connectivity index (χ0v) is 10.1. The summed E-state index contributed by atoms with van der Waals surface area (Å²) in [5.74, 6) is 0. The lowest BCUT2D eigenvalue weighted by atomic mass is 10.1. The highest BCUT2D eigenvalue weighted by Gasteiger charge is 2.48. The van der Waals surface area contributed by atoms with E-state index in [0.717, 1.165) is 13.0 Å². The van der Waals surface area contributed by atoms with Crippen molar-refractivity contribution >= 4 is 6.09 Å².